The summed E-state index contributed by atoms with van der Waals surface area (Å²) in [6.07, 6.45) is 0. The number of nitrogen functional groups attached to an aromatic ring is 1. The minimum atomic E-state index is -4.67. The van der Waals surface area contributed by atoms with Gasteiger partial charge in [-0.05, 0) is 17.7 Å². The van der Waals surface area contributed by atoms with E-state index < -0.39 is 33.0 Å². The van der Waals surface area contributed by atoms with Crippen LogP contribution in [0.4, 0.5) is 5.69 Å². The van der Waals surface area contributed by atoms with Crippen LogP contribution in [0.25, 0.3) is 0 Å². The van der Waals surface area contributed by atoms with E-state index in [0.717, 1.165) is 0 Å². The highest BCUT2D eigenvalue weighted by Crippen LogP contribution is 2.18. The van der Waals surface area contributed by atoms with Crippen molar-refractivity contribution in [3.05, 3.63) is 29.8 Å². The Morgan fingerprint density at radius 3 is 2.11 bits per heavy atom. The molecule has 0 saturated carbocycles. The van der Waals surface area contributed by atoms with Crippen LogP contribution in [0.1, 0.15) is 10.8 Å². The number of benzene rings is 1. The Hall–Kier alpha value is -1.20. The summed E-state index contributed by atoms with van der Waals surface area (Å²) >= 11 is 0. The number of hydrogen-bond donors (Lipinski definition) is 5. The summed E-state index contributed by atoms with van der Waals surface area (Å²) in [5.41, 5.74) is 6.49. The molecule has 1 unspecified atom stereocenters. The molecular formula is C8H13NO7S2. The van der Waals surface area contributed by atoms with Gasteiger partial charge < -0.3 is 10.8 Å². The van der Waals surface area contributed by atoms with Crippen LogP contribution in [0.15, 0.2) is 24.3 Å². The van der Waals surface area contributed by atoms with Gasteiger partial charge in [0.15, 0.2) is 0 Å². The molecule has 0 aliphatic carbocycles. The molecule has 1 atom stereocenters. The van der Waals surface area contributed by atoms with Crippen LogP contribution in [-0.2, 0) is 21.1 Å². The molecule has 5 N–H and O–H groups in total. The predicted molar refractivity (Wildman–Crippen MR) is 65.2 cm³/mol. The molecule has 0 heterocycles. The molecule has 0 saturated heterocycles. The molecule has 0 radical (unpaired) electrons. The first kappa shape index (κ1) is 16.8. The fourth-order valence-corrected chi connectivity index (χ4v) is 1.60. The van der Waals surface area contributed by atoms with Gasteiger partial charge in [-0.15, -0.1) is 0 Å². The van der Waals surface area contributed by atoms with Gasteiger partial charge in [0.25, 0.3) is 0 Å². The second-order valence-electron chi connectivity index (χ2n) is 3.10. The SMILES string of the molecule is Nc1cccc(C(CO)[SH](=O)=O)c1.O=S(=O)(O)O. The maximum absolute atomic E-state index is 10.7. The highest BCUT2D eigenvalue weighted by molar-refractivity contribution is 7.79. The molecule has 8 nitrogen and oxygen atoms in total. The fourth-order valence-electron chi connectivity index (χ4n) is 1.06. The van der Waals surface area contributed by atoms with Crippen molar-refractivity contribution in [3.8, 4) is 0 Å². The van der Waals surface area contributed by atoms with Gasteiger partial charge in [0.1, 0.15) is 16.0 Å². The van der Waals surface area contributed by atoms with Gasteiger partial charge >= 0.3 is 10.4 Å². The maximum Gasteiger partial charge on any atom is 0.394 e. The van der Waals surface area contributed by atoms with E-state index in [2.05, 4.69) is 0 Å². The number of aliphatic hydroxyl groups is 1. The van der Waals surface area contributed by atoms with Crippen LogP contribution in [0, 0.1) is 0 Å². The lowest BCUT2D eigenvalue weighted by Gasteiger charge is -2.07. The average Bonchev–Trinajstić information content (AvgIpc) is 2.15. The Morgan fingerprint density at radius 2 is 1.78 bits per heavy atom. The molecule has 1 aromatic carbocycles. The van der Waals surface area contributed by atoms with Gasteiger partial charge in [-0.3, -0.25) is 9.11 Å². The number of thiol groups is 1. The van der Waals surface area contributed by atoms with E-state index in [1.54, 1.807) is 24.3 Å². The summed E-state index contributed by atoms with van der Waals surface area (Å²) in [7, 11) is -7.32. The van der Waals surface area contributed by atoms with E-state index in [9.17, 15) is 8.42 Å². The van der Waals surface area contributed by atoms with Crippen molar-refractivity contribution < 1.29 is 31.0 Å². The van der Waals surface area contributed by atoms with Crippen molar-refractivity contribution in [2.24, 2.45) is 0 Å². The van der Waals surface area contributed by atoms with Gasteiger partial charge in [0.05, 0.1) is 6.61 Å². The van der Waals surface area contributed by atoms with Crippen molar-refractivity contribution >= 4 is 26.8 Å². The maximum atomic E-state index is 10.7. The number of nitrogens with two attached hydrogens (primary N) is 1. The summed E-state index contributed by atoms with van der Waals surface area (Å²) < 4.78 is 52.9. The van der Waals surface area contributed by atoms with Crippen LogP contribution in [0.2, 0.25) is 0 Å². The zero-order valence-corrected chi connectivity index (χ0v) is 10.7. The van der Waals surface area contributed by atoms with Crippen LogP contribution >= 0.6 is 0 Å². The summed E-state index contributed by atoms with van der Waals surface area (Å²) in [6.45, 7) is -0.415. The molecule has 0 amide bonds. The number of aliphatic hydroxyl groups excluding tert-OH is 1. The highest BCUT2D eigenvalue weighted by Gasteiger charge is 2.12. The molecule has 10 heteroatoms. The summed E-state index contributed by atoms with van der Waals surface area (Å²) in [5.74, 6) is 0. The molecule has 1 aromatic rings. The molecule has 0 aliphatic heterocycles. The second-order valence-corrected chi connectivity index (χ2v) is 5.19. The number of rotatable bonds is 3. The lowest BCUT2D eigenvalue weighted by molar-refractivity contribution is 0.293. The van der Waals surface area contributed by atoms with Gasteiger partial charge in [0, 0.05) is 5.69 Å². The van der Waals surface area contributed by atoms with Crippen molar-refractivity contribution in [1.29, 1.82) is 0 Å². The highest BCUT2D eigenvalue weighted by atomic mass is 32.3. The standard InChI is InChI=1S/C8H11NO3S.H2O4S/c9-7-3-1-2-6(4-7)8(5-10)13(11)12;1-5(2,3)4/h1-4,8,10,13H,5,9H2;(H2,1,2,3,4). The normalized spacial score (nSPS) is 12.7. The van der Waals surface area contributed by atoms with Gasteiger partial charge in [0.2, 0.25) is 0 Å². The van der Waals surface area contributed by atoms with Gasteiger partial charge in [-0.1, -0.05) is 12.1 Å². The topological polar surface area (TPSA) is 155 Å². The first-order valence-electron chi connectivity index (χ1n) is 4.45. The van der Waals surface area contributed by atoms with Crippen molar-refractivity contribution in [2.45, 2.75) is 5.25 Å². The van der Waals surface area contributed by atoms with E-state index in [-0.39, 0.29) is 0 Å². The third-order valence-electron chi connectivity index (χ3n) is 1.72. The molecule has 0 spiro atoms. The fraction of sp³-hybridized carbons (Fsp3) is 0.250. The summed E-state index contributed by atoms with van der Waals surface area (Å²) in [6, 6.07) is 6.50. The third kappa shape index (κ3) is 7.97. The van der Waals surface area contributed by atoms with Crippen molar-refractivity contribution in [2.75, 3.05) is 12.3 Å². The minimum Gasteiger partial charge on any atom is -0.399 e. The largest absolute Gasteiger partial charge is 0.399 e. The first-order chi connectivity index (χ1) is 8.15. The second kappa shape index (κ2) is 7.28. The summed E-state index contributed by atoms with van der Waals surface area (Å²) in [5, 5.41) is 7.97. The van der Waals surface area contributed by atoms with E-state index in [0.29, 0.717) is 11.3 Å². The van der Waals surface area contributed by atoms with Crippen LogP contribution in [-0.4, -0.2) is 37.7 Å². The molecule has 0 fully saturated rings. The quantitative estimate of drug-likeness (QED) is 0.278. The van der Waals surface area contributed by atoms with Crippen molar-refractivity contribution in [3.63, 3.8) is 0 Å². The lowest BCUT2D eigenvalue weighted by Crippen LogP contribution is -2.05. The molecule has 104 valence electrons. The average molecular weight is 299 g/mol. The molecule has 0 aromatic heterocycles. The number of hydrogen-bond acceptors (Lipinski definition) is 6. The van der Waals surface area contributed by atoms with Gasteiger partial charge in [-0.2, -0.15) is 8.42 Å². The number of anilines is 1. The monoisotopic (exact) mass is 299 g/mol. The predicted octanol–water partition coefficient (Wildman–Crippen LogP) is -0.739. The smallest absolute Gasteiger partial charge is 0.394 e. The van der Waals surface area contributed by atoms with Crippen LogP contribution in [0.5, 0.6) is 0 Å². The minimum absolute atomic E-state index is 0.415. The van der Waals surface area contributed by atoms with Crippen LogP contribution < -0.4 is 5.73 Å². The summed E-state index contributed by atoms with van der Waals surface area (Å²) in [4.78, 5) is 0. The third-order valence-corrected chi connectivity index (χ3v) is 2.69. The van der Waals surface area contributed by atoms with Crippen LogP contribution in [0.3, 0.4) is 0 Å². The zero-order chi connectivity index (χ0) is 14.3. The molecule has 1 rings (SSSR count). The van der Waals surface area contributed by atoms with E-state index in [1.807, 2.05) is 0 Å². The van der Waals surface area contributed by atoms with Crippen molar-refractivity contribution in [1.82, 2.24) is 0 Å². The Labute approximate surface area is 106 Å². The van der Waals surface area contributed by atoms with E-state index >= 15 is 0 Å². The Balaban J connectivity index is 0.000000494. The Bertz CT molecular complexity index is 536. The zero-order valence-electron chi connectivity index (χ0n) is 9.00. The Kier molecular flexibility index (Phi) is 6.80. The molecule has 0 bridgehead atoms. The van der Waals surface area contributed by atoms with Gasteiger partial charge in [-0.25, -0.2) is 8.42 Å². The molecule has 18 heavy (non-hydrogen) atoms. The van der Waals surface area contributed by atoms with E-state index in [1.165, 1.54) is 0 Å². The molecule has 0 aliphatic rings. The lowest BCUT2D eigenvalue weighted by atomic mass is 10.1. The van der Waals surface area contributed by atoms with E-state index in [4.69, 9.17) is 28.4 Å². The first-order valence-corrected chi connectivity index (χ1v) is 7.09. The molecular weight excluding hydrogens is 286 g/mol. The Morgan fingerprint density at radius 1 is 1.28 bits per heavy atom.